The van der Waals surface area contributed by atoms with Crippen LogP contribution in [0.5, 0.6) is 0 Å². The van der Waals surface area contributed by atoms with Crippen molar-refractivity contribution in [3.05, 3.63) is 11.6 Å². The minimum absolute atomic E-state index is 0.00548. The summed E-state index contributed by atoms with van der Waals surface area (Å²) in [7, 11) is 1.51. The van der Waals surface area contributed by atoms with Gasteiger partial charge in [-0.2, -0.15) is 0 Å². The molecule has 0 aromatic carbocycles. The van der Waals surface area contributed by atoms with E-state index in [1.54, 1.807) is 6.92 Å². The molecule has 0 spiro atoms. The first-order chi connectivity index (χ1) is 18.3. The Labute approximate surface area is 238 Å². The van der Waals surface area contributed by atoms with Crippen molar-refractivity contribution in [3.63, 3.8) is 0 Å². The maximum atomic E-state index is 13.6. The molecule has 10 nitrogen and oxygen atoms in total. The van der Waals surface area contributed by atoms with E-state index in [9.17, 15) is 33.8 Å². The zero-order valence-electron chi connectivity index (χ0n) is 24.5. The fourth-order valence-corrected chi connectivity index (χ4v) is 10.1. The lowest BCUT2D eigenvalue weighted by atomic mass is 9.46. The van der Waals surface area contributed by atoms with Crippen LogP contribution in [0.3, 0.4) is 0 Å². The first-order valence-electron chi connectivity index (χ1n) is 14.6. The number of methoxy groups -OCH3 is 1. The van der Waals surface area contributed by atoms with Gasteiger partial charge in [-0.05, 0) is 82.5 Å². The number of ether oxygens (including phenoxy) is 2. The molecule has 0 aromatic heterocycles. The van der Waals surface area contributed by atoms with Crippen molar-refractivity contribution in [1.29, 1.82) is 0 Å². The SMILES string of the molecule is CO[C@]1(C)C[C@H]([C@@H](C)[C@@]2(O)CC[C@@H]3[C@@H]4CC=C5C[C@@H](OS(O)(O)O)CC(=O)[C@]5(C)[C@H]4CC[C@@]32C)O[C@H](O)[C@@]1(C)O. The summed E-state index contributed by atoms with van der Waals surface area (Å²) in [5.74, 6) is 0.151. The van der Waals surface area contributed by atoms with Crippen LogP contribution in [0.2, 0.25) is 0 Å². The number of fused-ring (bicyclic) bond motifs is 5. The molecule has 4 aliphatic carbocycles. The van der Waals surface area contributed by atoms with E-state index < -0.39 is 57.3 Å². The van der Waals surface area contributed by atoms with E-state index in [1.165, 1.54) is 14.0 Å². The van der Waals surface area contributed by atoms with E-state index in [0.29, 0.717) is 19.3 Å². The van der Waals surface area contributed by atoms with E-state index in [-0.39, 0.29) is 35.9 Å². The number of aliphatic hydroxyl groups excluding tert-OH is 1. The number of allylic oxidation sites excluding steroid dienone is 1. The third-order valence-corrected chi connectivity index (χ3v) is 13.1. The average molecular weight is 589 g/mol. The summed E-state index contributed by atoms with van der Waals surface area (Å²) in [4.78, 5) is 13.6. The van der Waals surface area contributed by atoms with Crippen molar-refractivity contribution < 1.29 is 47.4 Å². The number of carbonyl (C=O) groups is 1. The molecule has 1 heterocycles. The number of hydrogen-bond donors (Lipinski definition) is 6. The smallest absolute Gasteiger partial charge is 0.216 e. The highest BCUT2D eigenvalue weighted by Gasteiger charge is 2.68. The zero-order chi connectivity index (χ0) is 29.7. The summed E-state index contributed by atoms with van der Waals surface area (Å²) in [5, 5.41) is 34.1. The topological polar surface area (TPSA) is 166 Å². The van der Waals surface area contributed by atoms with Gasteiger partial charge in [-0.25, -0.2) is 0 Å². The molecule has 11 heteroatoms. The molecule has 0 amide bonds. The van der Waals surface area contributed by atoms with E-state index in [1.807, 2.05) is 13.8 Å². The van der Waals surface area contributed by atoms with Crippen LogP contribution >= 0.6 is 11.2 Å². The first-order valence-corrected chi connectivity index (χ1v) is 16.0. The Kier molecular flexibility index (Phi) is 7.48. The molecule has 0 aromatic rings. The first kappa shape index (κ1) is 30.8. The van der Waals surface area contributed by atoms with Gasteiger partial charge in [0.25, 0.3) is 0 Å². The van der Waals surface area contributed by atoms with Gasteiger partial charge in [0.05, 0.1) is 23.2 Å². The summed E-state index contributed by atoms with van der Waals surface area (Å²) in [6.45, 7) is 9.42. The Morgan fingerprint density at radius 1 is 1.05 bits per heavy atom. The highest BCUT2D eigenvalue weighted by Crippen LogP contribution is 2.68. The number of hydrogen-bond acceptors (Lipinski definition) is 10. The summed E-state index contributed by atoms with van der Waals surface area (Å²) < 4.78 is 44.8. The molecule has 0 unspecified atom stereocenters. The maximum absolute atomic E-state index is 13.6. The molecule has 230 valence electrons. The van der Waals surface area contributed by atoms with Gasteiger partial charge in [0.15, 0.2) is 6.29 Å². The second kappa shape index (κ2) is 9.70. The molecule has 3 saturated carbocycles. The third kappa shape index (κ3) is 4.30. The Morgan fingerprint density at radius 2 is 1.70 bits per heavy atom. The number of Topliss-reactive ketones (excluding diaryl/α,β-unsaturated/α-hetero) is 1. The molecule has 1 aliphatic heterocycles. The lowest BCUT2D eigenvalue weighted by Gasteiger charge is -2.60. The van der Waals surface area contributed by atoms with Gasteiger partial charge in [-0.3, -0.25) is 22.6 Å². The number of rotatable bonds is 5. The van der Waals surface area contributed by atoms with E-state index in [0.717, 1.165) is 31.3 Å². The molecule has 5 aliphatic rings. The van der Waals surface area contributed by atoms with Gasteiger partial charge in [0.1, 0.15) is 17.0 Å². The molecular weight excluding hydrogens is 540 g/mol. The normalized spacial score (nSPS) is 52.3. The Morgan fingerprint density at radius 3 is 2.33 bits per heavy atom. The van der Waals surface area contributed by atoms with Crippen molar-refractivity contribution in [1.82, 2.24) is 0 Å². The third-order valence-electron chi connectivity index (χ3n) is 12.6. The average Bonchev–Trinajstić information content (AvgIpc) is 3.13. The molecule has 4 fully saturated rings. The lowest BCUT2D eigenvalue weighted by Crippen LogP contribution is -2.67. The Hall–Kier alpha value is -0.600. The van der Waals surface area contributed by atoms with Gasteiger partial charge in [-0.1, -0.05) is 25.5 Å². The van der Waals surface area contributed by atoms with Crippen molar-refractivity contribution in [2.45, 2.75) is 121 Å². The van der Waals surface area contributed by atoms with Crippen LogP contribution in [0.25, 0.3) is 0 Å². The summed E-state index contributed by atoms with van der Waals surface area (Å²) in [5.41, 5.74) is -3.89. The molecular formula is C29H48O10S. The van der Waals surface area contributed by atoms with Gasteiger partial charge < -0.3 is 24.8 Å². The molecule has 5 rings (SSSR count). The second-order valence-electron chi connectivity index (χ2n) is 14.1. The van der Waals surface area contributed by atoms with Crippen LogP contribution in [0.1, 0.15) is 86.0 Å². The van der Waals surface area contributed by atoms with Crippen LogP contribution < -0.4 is 0 Å². The monoisotopic (exact) mass is 588 g/mol. The van der Waals surface area contributed by atoms with Gasteiger partial charge in [-0.15, -0.1) is 0 Å². The van der Waals surface area contributed by atoms with Crippen LogP contribution in [0, 0.1) is 34.5 Å². The minimum atomic E-state index is -4.15. The Bertz CT molecular complexity index is 1060. The molecule has 1 saturated heterocycles. The maximum Gasteiger partial charge on any atom is 0.216 e. The lowest BCUT2D eigenvalue weighted by molar-refractivity contribution is -0.338. The molecule has 0 radical (unpaired) electrons. The van der Waals surface area contributed by atoms with E-state index >= 15 is 0 Å². The van der Waals surface area contributed by atoms with Crippen molar-refractivity contribution in [2.75, 3.05) is 7.11 Å². The molecule has 6 N–H and O–H groups in total. The molecule has 12 atom stereocenters. The van der Waals surface area contributed by atoms with Crippen LogP contribution in [0.15, 0.2) is 11.6 Å². The highest BCUT2D eigenvalue weighted by atomic mass is 32.3. The molecule has 0 bridgehead atoms. The number of carbonyl (C=O) groups excluding carboxylic acids is 1. The van der Waals surface area contributed by atoms with Crippen LogP contribution in [0.4, 0.5) is 0 Å². The van der Waals surface area contributed by atoms with Gasteiger partial charge in [0.2, 0.25) is 11.2 Å². The predicted molar refractivity (Wildman–Crippen MR) is 148 cm³/mol. The summed E-state index contributed by atoms with van der Waals surface area (Å²) in [6, 6.07) is 0. The zero-order valence-corrected chi connectivity index (χ0v) is 25.3. The highest BCUT2D eigenvalue weighted by molar-refractivity contribution is 8.15. The standard InChI is InChI=1S/C29H48O10S/c1-16(22-15-26(3,37-6)28(5,32)24(31)38-22)29(33)12-10-20-19-8-7-17-13-18(39-40(34,35)36)14-23(30)27(17,4)21(19)9-11-25(20,29)2/h7,16,18-22,24,31-36H,8-15H2,1-6H3/t16-,18-,19+,20-,21+,22-,24+,25+,26-,27+,28-,29+/m1/s1. The number of ketones is 1. The quantitative estimate of drug-likeness (QED) is 0.255. The van der Waals surface area contributed by atoms with Crippen molar-refractivity contribution >= 4 is 16.9 Å². The second-order valence-corrected chi connectivity index (χ2v) is 15.2. The summed E-state index contributed by atoms with van der Waals surface area (Å²) >= 11 is -4.15. The van der Waals surface area contributed by atoms with Gasteiger partial charge in [0, 0.05) is 25.9 Å². The molecule has 40 heavy (non-hydrogen) atoms. The van der Waals surface area contributed by atoms with E-state index in [2.05, 4.69) is 13.0 Å². The predicted octanol–water partition coefficient (Wildman–Crippen LogP) is 4.28. The summed E-state index contributed by atoms with van der Waals surface area (Å²) in [6.07, 6.45) is 3.74. The van der Waals surface area contributed by atoms with Gasteiger partial charge >= 0.3 is 0 Å². The van der Waals surface area contributed by atoms with Crippen LogP contribution in [-0.2, 0) is 18.5 Å². The fourth-order valence-electron chi connectivity index (χ4n) is 9.62. The van der Waals surface area contributed by atoms with Crippen molar-refractivity contribution in [2.24, 2.45) is 34.5 Å². The Balaban J connectivity index is 1.40. The fraction of sp³-hybridized carbons (Fsp3) is 0.897. The van der Waals surface area contributed by atoms with Crippen molar-refractivity contribution in [3.8, 4) is 0 Å². The van der Waals surface area contributed by atoms with E-state index in [4.69, 9.17) is 13.7 Å². The largest absolute Gasteiger partial charge is 0.389 e. The number of aliphatic hydroxyl groups is 3. The minimum Gasteiger partial charge on any atom is -0.389 e. The van der Waals surface area contributed by atoms with Crippen LogP contribution in [-0.4, -0.2) is 77.2 Å².